The van der Waals surface area contributed by atoms with Crippen LogP contribution in [-0.4, -0.2) is 16.1 Å². The van der Waals surface area contributed by atoms with Crippen molar-refractivity contribution in [2.24, 2.45) is 4.36 Å². The number of halogens is 1. The van der Waals surface area contributed by atoms with Gasteiger partial charge in [0.2, 0.25) is 0 Å². The number of hydrogen-bond donors (Lipinski definition) is 2. The number of pyridine rings is 1. The minimum atomic E-state index is -1.94. The van der Waals surface area contributed by atoms with Crippen LogP contribution in [0.25, 0.3) is 0 Å². The molecule has 2 amide bonds. The third-order valence-corrected chi connectivity index (χ3v) is 8.38. The Morgan fingerprint density at radius 1 is 1.25 bits per heavy atom. The van der Waals surface area contributed by atoms with Crippen molar-refractivity contribution in [2.75, 3.05) is 5.32 Å². The highest BCUT2D eigenvalue weighted by Crippen LogP contribution is 2.37. The molecule has 4 rings (SSSR count). The van der Waals surface area contributed by atoms with Gasteiger partial charge in [0.1, 0.15) is 0 Å². The quantitative estimate of drug-likeness (QED) is 0.677. The van der Waals surface area contributed by atoms with Crippen LogP contribution in [0.15, 0.2) is 14.6 Å². The van der Waals surface area contributed by atoms with Crippen molar-refractivity contribution in [1.29, 1.82) is 0 Å². The van der Waals surface area contributed by atoms with Gasteiger partial charge in [-0.15, -0.1) is 10.6 Å². The second-order valence-electron chi connectivity index (χ2n) is 7.62. The number of nitrogens with zero attached hydrogens (tertiary/aromatic N) is 2. The predicted molar refractivity (Wildman–Crippen MR) is 111 cm³/mol. The van der Waals surface area contributed by atoms with Crippen molar-refractivity contribution in [2.45, 2.75) is 62.2 Å². The van der Waals surface area contributed by atoms with E-state index in [4.69, 9.17) is 16.6 Å². The summed E-state index contributed by atoms with van der Waals surface area (Å²) in [6.45, 7) is 3.24. The van der Waals surface area contributed by atoms with E-state index in [9.17, 15) is 14.1 Å². The molecule has 0 saturated heterocycles. The number of hydrogen-bond acceptors (Lipinski definition) is 6. The van der Waals surface area contributed by atoms with E-state index in [-0.39, 0.29) is 9.23 Å². The van der Waals surface area contributed by atoms with Crippen LogP contribution < -0.4 is 5.32 Å². The number of anilines is 1. The molecular formula is C19H21ClN3O3S2-. The van der Waals surface area contributed by atoms with E-state index in [1.54, 1.807) is 19.9 Å². The minimum Gasteiger partial charge on any atom is -0.439 e. The third kappa shape index (κ3) is 3.70. The average molecular weight is 439 g/mol. The van der Waals surface area contributed by atoms with E-state index in [0.717, 1.165) is 78.1 Å². The molecular weight excluding hydrogens is 418 g/mol. The number of aromatic nitrogens is 1. The van der Waals surface area contributed by atoms with Gasteiger partial charge in [0.25, 0.3) is 0 Å². The average Bonchev–Trinajstić information content (AvgIpc) is 3.32. The summed E-state index contributed by atoms with van der Waals surface area (Å²) < 4.78 is 16.6. The number of fused-ring (bicyclic) bond motifs is 2. The Morgan fingerprint density at radius 2 is 1.86 bits per heavy atom. The van der Waals surface area contributed by atoms with Gasteiger partial charge in [-0.05, 0) is 73.8 Å². The molecule has 6 nitrogen and oxygen atoms in total. The number of aryl methyl sites for hydroxylation is 2. The highest BCUT2D eigenvalue weighted by atomic mass is 35.5. The Kier molecular flexibility index (Phi) is 5.24. The summed E-state index contributed by atoms with van der Waals surface area (Å²) in [5.41, 5.74) is 4.02. The fraction of sp³-hybridized carbons (Fsp3) is 0.474. The Labute approximate surface area is 174 Å². The Hall–Kier alpha value is -1.48. The Bertz CT molecular complexity index is 1020. The van der Waals surface area contributed by atoms with Crippen molar-refractivity contribution < 1.29 is 14.1 Å². The summed E-state index contributed by atoms with van der Waals surface area (Å²) in [4.78, 5) is 17.9. The smallest absolute Gasteiger partial charge is 0.322 e. The SMILES string of the molecule is CC(C)(O)c1cc(Cl)c([S-](=O)=NC(=O)Nc2c3c(nc4c2CCC4)CCC3)s1. The van der Waals surface area contributed by atoms with E-state index >= 15 is 0 Å². The zero-order valence-corrected chi connectivity index (χ0v) is 18.1. The first kappa shape index (κ1) is 19.8. The summed E-state index contributed by atoms with van der Waals surface area (Å²) >= 11 is 7.25. The number of rotatable bonds is 3. The highest BCUT2D eigenvalue weighted by Gasteiger charge is 2.26. The summed E-state index contributed by atoms with van der Waals surface area (Å²) in [6, 6.07) is 0.914. The van der Waals surface area contributed by atoms with Gasteiger partial charge in [-0.3, -0.25) is 4.98 Å². The molecule has 0 atom stereocenters. The fourth-order valence-corrected chi connectivity index (χ4v) is 6.20. The maximum atomic E-state index is 12.6. The second kappa shape index (κ2) is 7.40. The molecule has 0 bridgehead atoms. The zero-order chi connectivity index (χ0) is 20.1. The van der Waals surface area contributed by atoms with Crippen molar-refractivity contribution in [3.8, 4) is 0 Å². The molecule has 0 fully saturated rings. The van der Waals surface area contributed by atoms with Crippen molar-refractivity contribution >= 4 is 45.3 Å². The molecule has 0 spiro atoms. The lowest BCUT2D eigenvalue weighted by Gasteiger charge is -2.15. The lowest BCUT2D eigenvalue weighted by molar-refractivity contribution is 0.0825. The molecule has 0 radical (unpaired) electrons. The van der Waals surface area contributed by atoms with E-state index in [1.165, 1.54) is 0 Å². The van der Waals surface area contributed by atoms with Crippen molar-refractivity contribution in [3.05, 3.63) is 38.5 Å². The van der Waals surface area contributed by atoms with Gasteiger partial charge in [-0.25, -0.2) is 4.79 Å². The zero-order valence-electron chi connectivity index (χ0n) is 15.7. The molecule has 2 N–H and O–H groups in total. The van der Waals surface area contributed by atoms with Crippen LogP contribution in [0.5, 0.6) is 0 Å². The molecule has 0 aliphatic heterocycles. The standard InChI is InChI=1S/C19H21ClN3O3S2/c1-19(2,25)15-9-12(20)17(27-15)28(26)23-18(24)22-16-10-5-3-7-13(10)21-14-8-4-6-11(14)16/h9,25H,3-8H2,1-2H3,(H,21,22,24)/q-1. The minimum absolute atomic E-state index is 0.239. The summed E-state index contributed by atoms with van der Waals surface area (Å²) in [7, 11) is -1.94. The largest absolute Gasteiger partial charge is 0.439 e. The van der Waals surface area contributed by atoms with Gasteiger partial charge >= 0.3 is 6.03 Å². The van der Waals surface area contributed by atoms with E-state index in [1.807, 2.05) is 0 Å². The molecule has 150 valence electrons. The van der Waals surface area contributed by atoms with Crippen LogP contribution in [0, 0.1) is 0 Å². The first-order valence-corrected chi connectivity index (χ1v) is 11.5. The molecule has 2 heterocycles. The highest BCUT2D eigenvalue weighted by molar-refractivity contribution is 7.78. The van der Waals surface area contributed by atoms with Gasteiger partial charge in [0.15, 0.2) is 0 Å². The molecule has 0 saturated carbocycles. The molecule has 0 aromatic carbocycles. The monoisotopic (exact) mass is 438 g/mol. The Balaban J connectivity index is 1.62. The second-order valence-corrected chi connectivity index (χ2v) is 10.4. The molecule has 9 heteroatoms. The number of nitrogens with one attached hydrogen (secondary N) is 1. The third-order valence-electron chi connectivity index (χ3n) is 5.07. The lowest BCUT2D eigenvalue weighted by Crippen LogP contribution is -2.12. The summed E-state index contributed by atoms with van der Waals surface area (Å²) in [5, 5.41) is 13.2. The van der Waals surface area contributed by atoms with Gasteiger partial charge in [-0.1, -0.05) is 11.6 Å². The number of carbonyl (C=O) groups excluding carboxylic acids is 1. The molecule has 28 heavy (non-hydrogen) atoms. The van der Waals surface area contributed by atoms with E-state index in [0.29, 0.717) is 4.88 Å². The van der Waals surface area contributed by atoms with Crippen LogP contribution in [0.3, 0.4) is 0 Å². The van der Waals surface area contributed by atoms with Crippen molar-refractivity contribution in [1.82, 2.24) is 4.98 Å². The van der Waals surface area contributed by atoms with E-state index < -0.39 is 22.2 Å². The van der Waals surface area contributed by atoms with Crippen LogP contribution >= 0.6 is 22.9 Å². The first-order valence-electron chi connectivity index (χ1n) is 9.24. The van der Waals surface area contributed by atoms with Crippen LogP contribution in [0.2, 0.25) is 5.02 Å². The normalized spacial score (nSPS) is 16.9. The predicted octanol–water partition coefficient (Wildman–Crippen LogP) is 4.74. The van der Waals surface area contributed by atoms with Gasteiger partial charge in [-0.2, -0.15) is 11.3 Å². The Morgan fingerprint density at radius 3 is 2.39 bits per heavy atom. The maximum absolute atomic E-state index is 12.6. The summed E-state index contributed by atoms with van der Waals surface area (Å²) in [6.07, 6.45) is 5.70. The van der Waals surface area contributed by atoms with Crippen LogP contribution in [0.4, 0.5) is 10.5 Å². The molecule has 2 aliphatic rings. The lowest BCUT2D eigenvalue weighted by atomic mass is 10.1. The molecule has 0 unspecified atom stereocenters. The molecule has 2 aromatic heterocycles. The number of amides is 2. The van der Waals surface area contributed by atoms with E-state index in [2.05, 4.69) is 9.68 Å². The van der Waals surface area contributed by atoms with Crippen LogP contribution in [-0.2, 0) is 46.1 Å². The number of thiophene rings is 1. The maximum Gasteiger partial charge on any atom is 0.322 e. The number of aliphatic hydroxyl groups is 1. The molecule has 2 aliphatic carbocycles. The molecule has 2 aromatic rings. The van der Waals surface area contributed by atoms with Crippen LogP contribution in [0.1, 0.15) is 54.1 Å². The first-order chi connectivity index (χ1) is 13.2. The van der Waals surface area contributed by atoms with Gasteiger partial charge in [0.05, 0.1) is 11.3 Å². The fourth-order valence-electron chi connectivity index (χ4n) is 3.76. The van der Waals surface area contributed by atoms with Gasteiger partial charge in [0, 0.05) is 21.3 Å². The number of carbonyl (C=O) groups is 1. The van der Waals surface area contributed by atoms with Gasteiger partial charge < -0.3 is 19.0 Å². The topological polar surface area (TPSA) is 91.6 Å². The van der Waals surface area contributed by atoms with Crippen molar-refractivity contribution in [3.63, 3.8) is 0 Å². The summed E-state index contributed by atoms with van der Waals surface area (Å²) in [5.74, 6) is 0. The number of urea groups is 1.